The maximum Gasteiger partial charge on any atom is 0.237 e. The summed E-state index contributed by atoms with van der Waals surface area (Å²) in [7, 11) is 3.72. The van der Waals surface area contributed by atoms with Crippen molar-refractivity contribution in [2.24, 2.45) is 0 Å². The molecule has 1 aromatic heterocycles. The molecule has 1 aromatic rings. The molecule has 1 heterocycles. The van der Waals surface area contributed by atoms with Crippen molar-refractivity contribution >= 4 is 23.5 Å². The second-order valence-electron chi connectivity index (χ2n) is 7.37. The molecule has 1 unspecified atom stereocenters. The number of rotatable bonds is 13. The summed E-state index contributed by atoms with van der Waals surface area (Å²) in [5, 5.41) is 8.67. The van der Waals surface area contributed by atoms with Crippen LogP contribution >= 0.6 is 0 Å². The molecule has 0 aliphatic carbocycles. The number of anilines is 1. The summed E-state index contributed by atoms with van der Waals surface area (Å²) in [6, 6.07) is 1.64. The van der Waals surface area contributed by atoms with E-state index in [1.165, 1.54) is 6.92 Å². The normalized spacial score (nSPS) is 11.8. The third-order valence-corrected chi connectivity index (χ3v) is 4.30. The van der Waals surface area contributed by atoms with Gasteiger partial charge >= 0.3 is 0 Å². The Kier molecular flexibility index (Phi) is 10.8. The number of carbonyl (C=O) groups excluding carboxylic acids is 3. The second kappa shape index (κ2) is 12.8. The van der Waals surface area contributed by atoms with Crippen LogP contribution in [0.1, 0.15) is 44.0 Å². The quantitative estimate of drug-likeness (QED) is 0.415. The first-order valence-electron chi connectivity index (χ1n) is 9.95. The number of carbonyl (C=O) groups is 3. The molecule has 0 spiro atoms. The lowest BCUT2D eigenvalue weighted by Gasteiger charge is -2.23. The van der Waals surface area contributed by atoms with E-state index in [0.29, 0.717) is 31.9 Å². The van der Waals surface area contributed by atoms with Crippen LogP contribution in [0.2, 0.25) is 0 Å². The third-order valence-electron chi connectivity index (χ3n) is 4.30. The molecule has 1 rings (SSSR count). The van der Waals surface area contributed by atoms with E-state index in [9.17, 15) is 14.4 Å². The Hall–Kier alpha value is -2.55. The predicted molar refractivity (Wildman–Crippen MR) is 113 cm³/mol. The van der Waals surface area contributed by atoms with E-state index in [1.54, 1.807) is 0 Å². The minimum Gasteiger partial charge on any atom is -0.356 e. The van der Waals surface area contributed by atoms with Crippen molar-refractivity contribution in [3.63, 3.8) is 0 Å². The van der Waals surface area contributed by atoms with Crippen LogP contribution in [0, 0.1) is 13.8 Å². The molecular formula is C20H34N6O3. The van der Waals surface area contributed by atoms with Gasteiger partial charge in [0.25, 0.3) is 0 Å². The Bertz CT molecular complexity index is 673. The van der Waals surface area contributed by atoms with Crippen molar-refractivity contribution in [2.75, 3.05) is 39.0 Å². The van der Waals surface area contributed by atoms with Crippen LogP contribution in [-0.4, -0.2) is 72.2 Å². The molecule has 0 fully saturated rings. The molecule has 29 heavy (non-hydrogen) atoms. The van der Waals surface area contributed by atoms with Gasteiger partial charge in [-0.2, -0.15) is 0 Å². The summed E-state index contributed by atoms with van der Waals surface area (Å²) >= 11 is 0. The molecule has 0 aliphatic rings. The Morgan fingerprint density at radius 3 is 2.21 bits per heavy atom. The van der Waals surface area contributed by atoms with Crippen LogP contribution < -0.4 is 16.0 Å². The third kappa shape index (κ3) is 10.5. The van der Waals surface area contributed by atoms with Gasteiger partial charge in [0.2, 0.25) is 17.8 Å². The fourth-order valence-electron chi connectivity index (χ4n) is 2.81. The molecule has 0 aromatic carbocycles. The predicted octanol–water partition coefficient (Wildman–Crippen LogP) is 0.817. The van der Waals surface area contributed by atoms with Gasteiger partial charge in [-0.15, -0.1) is 0 Å². The summed E-state index contributed by atoms with van der Waals surface area (Å²) in [5.41, 5.74) is 1.83. The minimum absolute atomic E-state index is 0.0333. The van der Waals surface area contributed by atoms with Crippen LogP contribution in [0.25, 0.3) is 0 Å². The molecule has 3 N–H and O–H groups in total. The van der Waals surface area contributed by atoms with Crippen LogP contribution in [0.15, 0.2) is 6.07 Å². The highest BCUT2D eigenvalue weighted by molar-refractivity contribution is 5.83. The standard InChI is InChI=1S/C20H34N6O3/c1-14-13-15(2)25-20(24-14)23-10-6-7-17(26(4)5)19(29)22-12-9-18(28)21-11-8-16(3)27/h13,17H,6-12H2,1-5H3,(H,21,28)(H,22,29)(H,23,24,25). The monoisotopic (exact) mass is 406 g/mol. The van der Waals surface area contributed by atoms with Crippen molar-refractivity contribution in [2.45, 2.75) is 52.5 Å². The van der Waals surface area contributed by atoms with Crippen LogP contribution in [0.3, 0.4) is 0 Å². The van der Waals surface area contributed by atoms with Gasteiger partial charge in [-0.3, -0.25) is 19.3 Å². The molecule has 9 nitrogen and oxygen atoms in total. The molecule has 162 valence electrons. The number of aromatic nitrogens is 2. The van der Waals surface area contributed by atoms with Gasteiger partial charge in [0, 0.05) is 43.9 Å². The molecule has 1 atom stereocenters. The fraction of sp³-hybridized carbons (Fsp3) is 0.650. The largest absolute Gasteiger partial charge is 0.356 e. The Balaban J connectivity index is 2.32. The van der Waals surface area contributed by atoms with E-state index >= 15 is 0 Å². The summed E-state index contributed by atoms with van der Waals surface area (Å²) in [5.74, 6) is 0.356. The number of likely N-dealkylation sites (N-methyl/N-ethyl adjacent to an activating group) is 1. The Morgan fingerprint density at radius 2 is 1.62 bits per heavy atom. The van der Waals surface area contributed by atoms with Crippen LogP contribution in [-0.2, 0) is 14.4 Å². The fourth-order valence-corrected chi connectivity index (χ4v) is 2.81. The van der Waals surface area contributed by atoms with Gasteiger partial charge in [-0.1, -0.05) is 0 Å². The first kappa shape index (κ1) is 24.5. The smallest absolute Gasteiger partial charge is 0.237 e. The van der Waals surface area contributed by atoms with Crippen molar-refractivity contribution < 1.29 is 14.4 Å². The average molecular weight is 407 g/mol. The van der Waals surface area contributed by atoms with Crippen molar-refractivity contribution in [1.29, 1.82) is 0 Å². The number of hydrogen-bond acceptors (Lipinski definition) is 7. The number of Topliss-reactive ketones (excluding diaryl/α,β-unsaturated/α-hetero) is 1. The van der Waals surface area contributed by atoms with Gasteiger partial charge in [0.1, 0.15) is 5.78 Å². The molecule has 0 radical (unpaired) electrons. The number of nitrogens with one attached hydrogen (secondary N) is 3. The van der Waals surface area contributed by atoms with E-state index in [2.05, 4.69) is 25.9 Å². The maximum absolute atomic E-state index is 12.4. The zero-order valence-corrected chi connectivity index (χ0v) is 18.2. The Morgan fingerprint density at radius 1 is 1.00 bits per heavy atom. The van der Waals surface area contributed by atoms with Gasteiger partial charge in [-0.25, -0.2) is 9.97 Å². The topological polar surface area (TPSA) is 116 Å². The minimum atomic E-state index is -0.280. The van der Waals surface area contributed by atoms with E-state index in [-0.39, 0.29) is 36.6 Å². The molecule has 9 heteroatoms. The Labute approximate surface area is 173 Å². The SMILES string of the molecule is CC(=O)CCNC(=O)CCNC(=O)C(CCCNc1nc(C)cc(C)n1)N(C)C. The zero-order valence-electron chi connectivity index (χ0n) is 18.2. The summed E-state index contributed by atoms with van der Waals surface area (Å²) in [4.78, 5) is 45.6. The molecule has 0 saturated carbocycles. The first-order chi connectivity index (χ1) is 13.7. The average Bonchev–Trinajstić information content (AvgIpc) is 2.60. The number of hydrogen-bond donors (Lipinski definition) is 3. The van der Waals surface area contributed by atoms with E-state index < -0.39 is 0 Å². The highest BCUT2D eigenvalue weighted by Gasteiger charge is 2.20. The van der Waals surface area contributed by atoms with Crippen molar-refractivity contribution in [3.05, 3.63) is 17.5 Å². The molecule has 0 aliphatic heterocycles. The summed E-state index contributed by atoms with van der Waals surface area (Å²) < 4.78 is 0. The second-order valence-corrected chi connectivity index (χ2v) is 7.37. The number of nitrogens with zero attached hydrogens (tertiary/aromatic N) is 3. The summed E-state index contributed by atoms with van der Waals surface area (Å²) in [6.45, 7) is 6.60. The van der Waals surface area contributed by atoms with E-state index in [4.69, 9.17) is 0 Å². The van der Waals surface area contributed by atoms with E-state index in [0.717, 1.165) is 17.8 Å². The lowest BCUT2D eigenvalue weighted by Crippen LogP contribution is -2.44. The van der Waals surface area contributed by atoms with E-state index in [1.807, 2.05) is 38.9 Å². The first-order valence-corrected chi connectivity index (χ1v) is 9.95. The van der Waals surface area contributed by atoms with Gasteiger partial charge in [0.05, 0.1) is 6.04 Å². The number of ketones is 1. The van der Waals surface area contributed by atoms with Crippen molar-refractivity contribution in [1.82, 2.24) is 25.5 Å². The highest BCUT2D eigenvalue weighted by atomic mass is 16.2. The summed E-state index contributed by atoms with van der Waals surface area (Å²) in [6.07, 6.45) is 1.96. The molecule has 0 bridgehead atoms. The lowest BCUT2D eigenvalue weighted by atomic mass is 10.1. The molecule has 2 amide bonds. The highest BCUT2D eigenvalue weighted by Crippen LogP contribution is 2.07. The van der Waals surface area contributed by atoms with Gasteiger partial charge < -0.3 is 16.0 Å². The number of aryl methyl sites for hydroxylation is 2. The molecular weight excluding hydrogens is 372 g/mol. The zero-order chi connectivity index (χ0) is 21.8. The van der Waals surface area contributed by atoms with Crippen molar-refractivity contribution in [3.8, 4) is 0 Å². The lowest BCUT2D eigenvalue weighted by molar-refractivity contribution is -0.126. The van der Waals surface area contributed by atoms with Crippen LogP contribution in [0.5, 0.6) is 0 Å². The molecule has 0 saturated heterocycles. The van der Waals surface area contributed by atoms with Gasteiger partial charge in [0.15, 0.2) is 0 Å². The van der Waals surface area contributed by atoms with Crippen LogP contribution in [0.4, 0.5) is 5.95 Å². The number of amides is 2. The van der Waals surface area contributed by atoms with Gasteiger partial charge in [-0.05, 0) is 53.8 Å². The maximum atomic E-state index is 12.4.